The highest BCUT2D eigenvalue weighted by Crippen LogP contribution is 2.22. The third-order valence-corrected chi connectivity index (χ3v) is 5.58. The van der Waals surface area contributed by atoms with Gasteiger partial charge in [0.15, 0.2) is 0 Å². The molecule has 2 rings (SSSR count). The first-order valence-electron chi connectivity index (χ1n) is 10.1. The van der Waals surface area contributed by atoms with Crippen molar-refractivity contribution < 1.29 is 18.5 Å². The minimum Gasteiger partial charge on any atom is -0.444 e. The van der Waals surface area contributed by atoms with Gasteiger partial charge in [0, 0.05) is 0 Å². The summed E-state index contributed by atoms with van der Waals surface area (Å²) in [5, 5.41) is 8.51. The molecular weight excluding hydrogens is 414 g/mol. The van der Waals surface area contributed by atoms with E-state index in [4.69, 9.17) is 9.88 Å². The summed E-state index contributed by atoms with van der Waals surface area (Å²) in [6.45, 7) is 8.98. The quantitative estimate of drug-likeness (QED) is 0.681. The molecule has 7 nitrogen and oxygen atoms in total. The van der Waals surface area contributed by atoms with Crippen LogP contribution in [0.1, 0.15) is 41.0 Å². The van der Waals surface area contributed by atoms with Crippen LogP contribution in [0, 0.1) is 5.92 Å². The summed E-state index contributed by atoms with van der Waals surface area (Å²) in [5.74, 6) is -0.675. The Morgan fingerprint density at radius 3 is 2.26 bits per heavy atom. The van der Waals surface area contributed by atoms with E-state index in [9.17, 15) is 13.8 Å². The van der Waals surface area contributed by atoms with Crippen LogP contribution in [0.15, 0.2) is 63.9 Å². The van der Waals surface area contributed by atoms with Gasteiger partial charge in [-0.25, -0.2) is 14.1 Å². The third kappa shape index (κ3) is 7.80. The number of carbonyl (C=O) groups is 2. The summed E-state index contributed by atoms with van der Waals surface area (Å²) in [6.07, 6.45) is -0.433. The molecule has 0 aliphatic carbocycles. The number of hydrogen-bond donors (Lipinski definition) is 2. The van der Waals surface area contributed by atoms with Crippen LogP contribution in [0.2, 0.25) is 0 Å². The van der Waals surface area contributed by atoms with Crippen molar-refractivity contribution >= 4 is 21.9 Å². The zero-order valence-electron chi connectivity index (χ0n) is 18.6. The summed E-state index contributed by atoms with van der Waals surface area (Å²) in [5.41, 5.74) is 1.02. The molecule has 8 heteroatoms. The van der Waals surface area contributed by atoms with Crippen molar-refractivity contribution in [1.82, 2.24) is 5.32 Å². The average molecular weight is 446 g/mol. The number of benzene rings is 2. The number of amides is 2. The fraction of sp³-hybridized carbons (Fsp3) is 0.391. The third-order valence-electron chi connectivity index (χ3n) is 4.20. The van der Waals surface area contributed by atoms with Crippen LogP contribution in [-0.4, -0.2) is 27.9 Å². The van der Waals surface area contributed by atoms with Gasteiger partial charge < -0.3 is 10.1 Å². The fourth-order valence-corrected chi connectivity index (χ4v) is 3.95. The van der Waals surface area contributed by atoms with Gasteiger partial charge in [0.25, 0.3) is 5.91 Å². The molecule has 1 unspecified atom stereocenters. The van der Waals surface area contributed by atoms with E-state index in [2.05, 4.69) is 9.68 Å². The van der Waals surface area contributed by atoms with Gasteiger partial charge in [-0.15, -0.1) is 4.36 Å². The lowest BCUT2D eigenvalue weighted by molar-refractivity contribution is -0.120. The summed E-state index contributed by atoms with van der Waals surface area (Å²) >= 11 is 0. The second-order valence-electron chi connectivity index (χ2n) is 8.72. The van der Waals surface area contributed by atoms with Gasteiger partial charge in [0.1, 0.15) is 21.6 Å². The number of nitrogens with two attached hydrogens (primary N) is 1. The second-order valence-corrected chi connectivity index (χ2v) is 10.5. The summed E-state index contributed by atoms with van der Waals surface area (Å²) in [7, 11) is -3.51. The lowest BCUT2D eigenvalue weighted by atomic mass is 10.0. The molecule has 0 bridgehead atoms. The number of alkyl carbamates (subject to hydrolysis) is 1. The smallest absolute Gasteiger partial charge is 0.408 e. The topological polar surface area (TPSA) is 111 Å². The molecule has 3 N–H and O–H groups in total. The minimum absolute atomic E-state index is 0.0781. The molecule has 0 saturated heterocycles. The largest absolute Gasteiger partial charge is 0.444 e. The molecule has 2 aromatic rings. The predicted molar refractivity (Wildman–Crippen MR) is 123 cm³/mol. The van der Waals surface area contributed by atoms with E-state index in [-0.39, 0.29) is 10.8 Å². The molecule has 2 amide bonds. The molecule has 0 aliphatic rings. The van der Waals surface area contributed by atoms with E-state index in [1.165, 1.54) is 0 Å². The highest BCUT2D eigenvalue weighted by atomic mass is 32.2. The first-order valence-corrected chi connectivity index (χ1v) is 11.7. The zero-order valence-corrected chi connectivity index (χ0v) is 19.4. The summed E-state index contributed by atoms with van der Waals surface area (Å²) in [6, 6.07) is 15.4. The van der Waals surface area contributed by atoms with E-state index in [1.54, 1.807) is 39.0 Å². The molecular formula is C23H31N3O4S. The van der Waals surface area contributed by atoms with E-state index >= 15 is 0 Å². The van der Waals surface area contributed by atoms with Crippen LogP contribution in [-0.2, 0) is 19.4 Å². The van der Waals surface area contributed by atoms with Gasteiger partial charge in [0.05, 0.1) is 4.90 Å². The Morgan fingerprint density at radius 1 is 1.06 bits per heavy atom. The van der Waals surface area contributed by atoms with Crippen molar-refractivity contribution in [3.8, 4) is 11.1 Å². The Bertz CT molecular complexity index is 1040. The fourth-order valence-electron chi connectivity index (χ4n) is 2.88. The van der Waals surface area contributed by atoms with Crippen molar-refractivity contribution in [2.45, 2.75) is 57.6 Å². The van der Waals surface area contributed by atoms with Gasteiger partial charge in [-0.2, -0.15) is 0 Å². The number of nitrogens with zero attached hydrogens (tertiary/aromatic N) is 1. The number of rotatable bonds is 6. The monoisotopic (exact) mass is 445 g/mol. The Labute approximate surface area is 184 Å². The molecule has 2 atom stereocenters. The average Bonchev–Trinajstić information content (AvgIpc) is 2.66. The number of hydrogen-bond acceptors (Lipinski definition) is 4. The lowest BCUT2D eigenvalue weighted by Gasteiger charge is -2.23. The van der Waals surface area contributed by atoms with E-state index in [0.717, 1.165) is 11.1 Å². The number of nitrogens with one attached hydrogen (secondary N) is 1. The molecule has 31 heavy (non-hydrogen) atoms. The lowest BCUT2D eigenvalue weighted by Crippen LogP contribution is -2.44. The normalized spacial score (nSPS) is 14.4. The first-order chi connectivity index (χ1) is 14.4. The van der Waals surface area contributed by atoms with E-state index < -0.39 is 33.6 Å². The molecule has 0 radical (unpaired) electrons. The van der Waals surface area contributed by atoms with Gasteiger partial charge in [0.2, 0.25) is 0 Å². The molecule has 0 aliphatic heterocycles. The maximum atomic E-state index is 13.1. The van der Waals surface area contributed by atoms with Crippen LogP contribution in [0.3, 0.4) is 0 Å². The first kappa shape index (κ1) is 24.6. The molecule has 168 valence electrons. The van der Waals surface area contributed by atoms with Gasteiger partial charge >= 0.3 is 6.09 Å². The molecule has 0 fully saturated rings. The second kappa shape index (κ2) is 10.1. The van der Waals surface area contributed by atoms with Crippen molar-refractivity contribution in [3.05, 3.63) is 54.6 Å². The number of ether oxygens (including phenoxy) is 1. The van der Waals surface area contributed by atoms with Crippen LogP contribution in [0.5, 0.6) is 0 Å². The molecule has 0 heterocycles. The Hall–Kier alpha value is -2.71. The van der Waals surface area contributed by atoms with Crippen LogP contribution in [0.4, 0.5) is 4.79 Å². The highest BCUT2D eigenvalue weighted by Gasteiger charge is 2.26. The summed E-state index contributed by atoms with van der Waals surface area (Å²) < 4.78 is 22.2. The molecule has 0 saturated carbocycles. The van der Waals surface area contributed by atoms with Crippen LogP contribution < -0.4 is 10.5 Å². The van der Waals surface area contributed by atoms with Gasteiger partial charge in [-0.3, -0.25) is 4.79 Å². The zero-order chi connectivity index (χ0) is 23.2. The predicted octanol–water partition coefficient (Wildman–Crippen LogP) is 4.52. The maximum Gasteiger partial charge on any atom is 0.408 e. The van der Waals surface area contributed by atoms with Crippen molar-refractivity contribution in [3.63, 3.8) is 0 Å². The van der Waals surface area contributed by atoms with Crippen molar-refractivity contribution in [2.75, 3.05) is 0 Å². The molecule has 2 aromatic carbocycles. The summed E-state index contributed by atoms with van der Waals surface area (Å²) in [4.78, 5) is 25.2. The Balaban J connectivity index is 2.32. The van der Waals surface area contributed by atoms with Gasteiger partial charge in [-0.1, -0.05) is 56.3 Å². The highest BCUT2D eigenvalue weighted by molar-refractivity contribution is 7.91. The molecule has 0 spiro atoms. The maximum absolute atomic E-state index is 13.1. The van der Waals surface area contributed by atoms with Crippen LogP contribution >= 0.6 is 0 Å². The van der Waals surface area contributed by atoms with Gasteiger partial charge in [-0.05, 0) is 56.4 Å². The van der Waals surface area contributed by atoms with Crippen molar-refractivity contribution in [1.29, 1.82) is 0 Å². The Kier molecular flexibility index (Phi) is 7.97. The van der Waals surface area contributed by atoms with Crippen molar-refractivity contribution in [2.24, 2.45) is 15.4 Å². The molecule has 0 aromatic heterocycles. The standard InChI is InChI=1S/C23H31N3O4S/c1-16(2)14-20(25-22(28)30-23(3,4)5)21(27)26-31(24,29)19-13-9-12-18(15-19)17-10-7-6-8-11-17/h6-13,15-16,20H,14H2,1-5H3,(H,25,28)(H2,24,26,27,29)/t20-,31?/m0/s1. The SMILES string of the molecule is CC(C)C[C@H](NC(=O)OC(C)(C)C)C(=O)N=S(N)(=O)c1cccc(-c2ccccc2)c1. The van der Waals surface area contributed by atoms with Crippen LogP contribution in [0.25, 0.3) is 11.1 Å². The van der Waals surface area contributed by atoms with E-state index in [1.807, 2.05) is 50.2 Å². The number of carbonyl (C=O) groups excluding carboxylic acids is 2. The van der Waals surface area contributed by atoms with E-state index in [0.29, 0.717) is 6.42 Å². The minimum atomic E-state index is -3.51. The Morgan fingerprint density at radius 2 is 1.68 bits per heavy atom.